The van der Waals surface area contributed by atoms with E-state index in [0.717, 1.165) is 19.8 Å². The number of pyridine rings is 1. The van der Waals surface area contributed by atoms with Gasteiger partial charge in [-0.3, -0.25) is 0 Å². The molecule has 0 fully saturated rings. The Bertz CT molecular complexity index is 455. The van der Waals surface area contributed by atoms with Gasteiger partial charge in [0.2, 0.25) is 5.88 Å². The molecule has 0 saturated heterocycles. The molecule has 2 rings (SSSR count). The van der Waals surface area contributed by atoms with Crippen molar-refractivity contribution in [2.75, 3.05) is 7.11 Å². The van der Waals surface area contributed by atoms with Crippen LogP contribution in [0.1, 0.15) is 5.56 Å². The van der Waals surface area contributed by atoms with Gasteiger partial charge in [-0.15, -0.1) is 0 Å². The number of hydrogen-bond donors (Lipinski definition) is 0. The van der Waals surface area contributed by atoms with Gasteiger partial charge in [-0.1, -0.05) is 11.3 Å². The van der Waals surface area contributed by atoms with Crippen LogP contribution in [0.4, 0.5) is 0 Å². The quantitative estimate of drug-likeness (QED) is 0.789. The number of rotatable bonds is 1. The van der Waals surface area contributed by atoms with E-state index in [4.69, 9.17) is 4.74 Å². The van der Waals surface area contributed by atoms with Crippen LogP contribution in [0.2, 0.25) is 0 Å². The summed E-state index contributed by atoms with van der Waals surface area (Å²) in [6, 6.07) is 1.97. The molecule has 0 radical (unpaired) electrons. The molecule has 2 heterocycles. The molecule has 0 bridgehead atoms. The summed E-state index contributed by atoms with van der Waals surface area (Å²) in [5.74, 6) is 0.670. The van der Waals surface area contributed by atoms with Gasteiger partial charge in [-0.2, -0.15) is 0 Å². The molecule has 2 aromatic rings. The maximum Gasteiger partial charge on any atom is 0.217 e. The van der Waals surface area contributed by atoms with E-state index in [1.807, 2.05) is 13.0 Å². The number of methoxy groups -OCH3 is 1. The van der Waals surface area contributed by atoms with Crippen LogP contribution in [-0.4, -0.2) is 17.1 Å². The number of aryl methyl sites for hydroxylation is 1. The molecular weight excluding hydrogens is 252 g/mol. The lowest BCUT2D eigenvalue weighted by atomic mass is 10.3. The lowest BCUT2D eigenvalue weighted by molar-refractivity contribution is 0.396. The Morgan fingerprint density at radius 1 is 1.46 bits per heavy atom. The standard InChI is InChI=1S/C8H7BrN2OS/c1-4-3-5-7(11-6(4)12-2)13-8(9)10-5/h3H,1-2H3. The van der Waals surface area contributed by atoms with E-state index < -0.39 is 0 Å². The molecule has 5 heteroatoms. The molecule has 2 aromatic heterocycles. The van der Waals surface area contributed by atoms with E-state index in [2.05, 4.69) is 25.9 Å². The zero-order chi connectivity index (χ0) is 9.42. The average molecular weight is 259 g/mol. The Morgan fingerprint density at radius 2 is 2.23 bits per heavy atom. The first-order valence-corrected chi connectivity index (χ1v) is 5.29. The van der Waals surface area contributed by atoms with Gasteiger partial charge < -0.3 is 4.74 Å². The second kappa shape index (κ2) is 3.23. The van der Waals surface area contributed by atoms with Crippen LogP contribution in [-0.2, 0) is 0 Å². The Hall–Kier alpha value is -0.680. The second-order valence-electron chi connectivity index (χ2n) is 2.61. The molecule has 0 amide bonds. The fourth-order valence-electron chi connectivity index (χ4n) is 1.13. The molecule has 0 saturated carbocycles. The van der Waals surface area contributed by atoms with Crippen molar-refractivity contribution in [3.63, 3.8) is 0 Å². The predicted octanol–water partition coefficient (Wildman–Crippen LogP) is 2.77. The number of nitrogens with zero attached hydrogens (tertiary/aromatic N) is 2. The van der Waals surface area contributed by atoms with Crippen LogP contribution >= 0.6 is 27.3 Å². The zero-order valence-corrected chi connectivity index (χ0v) is 9.57. The number of thiazole rings is 1. The van der Waals surface area contributed by atoms with Gasteiger partial charge in [0, 0.05) is 5.56 Å². The molecule has 0 aliphatic heterocycles. The first kappa shape index (κ1) is 8.90. The van der Waals surface area contributed by atoms with Gasteiger partial charge in [0.25, 0.3) is 0 Å². The monoisotopic (exact) mass is 258 g/mol. The Balaban J connectivity index is 2.72. The Morgan fingerprint density at radius 3 is 2.92 bits per heavy atom. The van der Waals surface area contributed by atoms with Crippen LogP contribution in [0.25, 0.3) is 10.3 Å². The van der Waals surface area contributed by atoms with Gasteiger partial charge >= 0.3 is 0 Å². The highest BCUT2D eigenvalue weighted by atomic mass is 79.9. The molecule has 0 spiro atoms. The summed E-state index contributed by atoms with van der Waals surface area (Å²) in [4.78, 5) is 9.48. The van der Waals surface area contributed by atoms with Gasteiger partial charge in [0.1, 0.15) is 10.3 Å². The lowest BCUT2D eigenvalue weighted by Crippen LogP contribution is -1.90. The minimum atomic E-state index is 0.670. The van der Waals surface area contributed by atoms with E-state index in [9.17, 15) is 0 Å². The average Bonchev–Trinajstić information content (AvgIpc) is 2.42. The third-order valence-electron chi connectivity index (χ3n) is 1.70. The van der Waals surface area contributed by atoms with Gasteiger partial charge in [-0.05, 0) is 28.9 Å². The first-order valence-electron chi connectivity index (χ1n) is 3.68. The van der Waals surface area contributed by atoms with Crippen molar-refractivity contribution in [3.05, 3.63) is 15.5 Å². The summed E-state index contributed by atoms with van der Waals surface area (Å²) < 4.78 is 5.96. The fraction of sp³-hybridized carbons (Fsp3) is 0.250. The smallest absolute Gasteiger partial charge is 0.217 e. The lowest BCUT2D eigenvalue weighted by Gasteiger charge is -2.00. The van der Waals surface area contributed by atoms with Crippen molar-refractivity contribution >= 4 is 37.6 Å². The molecule has 0 aliphatic rings. The van der Waals surface area contributed by atoms with Crippen LogP contribution in [0, 0.1) is 6.92 Å². The van der Waals surface area contributed by atoms with E-state index in [-0.39, 0.29) is 0 Å². The summed E-state index contributed by atoms with van der Waals surface area (Å²) in [7, 11) is 1.62. The van der Waals surface area contributed by atoms with Crippen molar-refractivity contribution in [2.45, 2.75) is 6.92 Å². The number of hydrogen-bond acceptors (Lipinski definition) is 4. The molecule has 0 unspecified atom stereocenters. The van der Waals surface area contributed by atoms with Crippen LogP contribution in [0.5, 0.6) is 5.88 Å². The third-order valence-corrected chi connectivity index (χ3v) is 3.11. The highest BCUT2D eigenvalue weighted by molar-refractivity contribution is 9.11. The number of ether oxygens (including phenoxy) is 1. The topological polar surface area (TPSA) is 35.0 Å². The highest BCUT2D eigenvalue weighted by Gasteiger charge is 2.07. The predicted molar refractivity (Wildman–Crippen MR) is 56.4 cm³/mol. The summed E-state index contributed by atoms with van der Waals surface area (Å²) >= 11 is 4.83. The van der Waals surface area contributed by atoms with Crippen molar-refractivity contribution < 1.29 is 4.74 Å². The van der Waals surface area contributed by atoms with E-state index in [1.165, 1.54) is 11.3 Å². The van der Waals surface area contributed by atoms with Gasteiger partial charge in [0.05, 0.1) is 7.11 Å². The van der Waals surface area contributed by atoms with Crippen LogP contribution in [0.15, 0.2) is 9.98 Å². The largest absolute Gasteiger partial charge is 0.481 e. The van der Waals surface area contributed by atoms with E-state index >= 15 is 0 Å². The second-order valence-corrected chi connectivity index (χ2v) is 4.86. The molecule has 0 aliphatic carbocycles. The van der Waals surface area contributed by atoms with Crippen LogP contribution < -0.4 is 4.74 Å². The molecule has 0 atom stereocenters. The van der Waals surface area contributed by atoms with Gasteiger partial charge in [0.15, 0.2) is 3.92 Å². The molecule has 13 heavy (non-hydrogen) atoms. The number of aromatic nitrogens is 2. The van der Waals surface area contributed by atoms with Crippen molar-refractivity contribution in [3.8, 4) is 5.88 Å². The SMILES string of the molecule is COc1nc2sc(Br)nc2cc1C. The number of halogens is 1. The molecule has 0 N–H and O–H groups in total. The van der Waals surface area contributed by atoms with Crippen molar-refractivity contribution in [1.29, 1.82) is 0 Å². The Labute approximate surface area is 87.9 Å². The highest BCUT2D eigenvalue weighted by Crippen LogP contribution is 2.28. The maximum absolute atomic E-state index is 5.11. The first-order chi connectivity index (χ1) is 6.20. The number of fused-ring (bicyclic) bond motifs is 1. The minimum Gasteiger partial charge on any atom is -0.481 e. The summed E-state index contributed by atoms with van der Waals surface area (Å²) in [6.07, 6.45) is 0. The summed E-state index contributed by atoms with van der Waals surface area (Å²) in [5.41, 5.74) is 1.92. The molecule has 3 nitrogen and oxygen atoms in total. The van der Waals surface area contributed by atoms with Crippen molar-refractivity contribution in [2.24, 2.45) is 0 Å². The summed E-state index contributed by atoms with van der Waals surface area (Å²) in [5, 5.41) is 0. The molecule has 68 valence electrons. The van der Waals surface area contributed by atoms with Gasteiger partial charge in [-0.25, -0.2) is 9.97 Å². The molecule has 0 aromatic carbocycles. The zero-order valence-electron chi connectivity index (χ0n) is 7.17. The van der Waals surface area contributed by atoms with Crippen LogP contribution in [0.3, 0.4) is 0 Å². The molecular formula is C8H7BrN2OS. The third kappa shape index (κ3) is 1.53. The maximum atomic E-state index is 5.11. The van der Waals surface area contributed by atoms with E-state index in [0.29, 0.717) is 5.88 Å². The fourth-order valence-corrected chi connectivity index (χ4v) is 2.42. The van der Waals surface area contributed by atoms with Crippen molar-refractivity contribution in [1.82, 2.24) is 9.97 Å². The summed E-state index contributed by atoms with van der Waals surface area (Å²) in [6.45, 7) is 1.96. The normalized spacial score (nSPS) is 10.7. The van der Waals surface area contributed by atoms with E-state index in [1.54, 1.807) is 7.11 Å². The minimum absolute atomic E-state index is 0.670. The Kier molecular flexibility index (Phi) is 2.21.